The van der Waals surface area contributed by atoms with Gasteiger partial charge in [-0.25, -0.2) is 9.97 Å². The van der Waals surface area contributed by atoms with Crippen LogP contribution in [0.4, 0.5) is 0 Å². The SMILES string of the molecule is Cn1ccc2c(C3CC3)nc(CCN)nc21. The quantitative estimate of drug-likeness (QED) is 0.842. The molecule has 16 heavy (non-hydrogen) atoms. The van der Waals surface area contributed by atoms with E-state index in [-0.39, 0.29) is 0 Å². The Bertz CT molecular complexity index is 525. The molecule has 0 atom stereocenters. The highest BCUT2D eigenvalue weighted by Crippen LogP contribution is 2.41. The van der Waals surface area contributed by atoms with Crippen LogP contribution < -0.4 is 5.73 Å². The first kappa shape index (κ1) is 9.78. The first-order valence-electron chi connectivity index (χ1n) is 5.81. The molecule has 4 nitrogen and oxygen atoms in total. The van der Waals surface area contributed by atoms with Crippen molar-refractivity contribution in [1.29, 1.82) is 0 Å². The maximum atomic E-state index is 5.57. The molecule has 2 aromatic heterocycles. The Kier molecular flexibility index (Phi) is 2.17. The van der Waals surface area contributed by atoms with Gasteiger partial charge >= 0.3 is 0 Å². The van der Waals surface area contributed by atoms with Gasteiger partial charge in [0, 0.05) is 31.0 Å². The molecule has 1 fully saturated rings. The van der Waals surface area contributed by atoms with Gasteiger partial charge in [0.25, 0.3) is 0 Å². The average molecular weight is 216 g/mol. The zero-order valence-corrected chi connectivity index (χ0v) is 9.48. The Labute approximate surface area is 94.5 Å². The van der Waals surface area contributed by atoms with E-state index in [1.54, 1.807) is 0 Å². The van der Waals surface area contributed by atoms with Gasteiger partial charge in [0.15, 0.2) is 0 Å². The van der Waals surface area contributed by atoms with E-state index in [1.807, 2.05) is 7.05 Å². The molecule has 0 aliphatic heterocycles. The predicted molar refractivity (Wildman–Crippen MR) is 63.2 cm³/mol. The molecule has 3 rings (SSSR count). The minimum Gasteiger partial charge on any atom is -0.335 e. The van der Waals surface area contributed by atoms with Crippen LogP contribution in [0.2, 0.25) is 0 Å². The second-order valence-electron chi connectivity index (χ2n) is 4.50. The third-order valence-electron chi connectivity index (χ3n) is 3.13. The molecule has 0 aromatic carbocycles. The number of fused-ring (bicyclic) bond motifs is 1. The van der Waals surface area contributed by atoms with Gasteiger partial charge in [0.2, 0.25) is 0 Å². The molecule has 0 bridgehead atoms. The van der Waals surface area contributed by atoms with Crippen LogP contribution in [-0.2, 0) is 13.5 Å². The fourth-order valence-corrected chi connectivity index (χ4v) is 2.12. The van der Waals surface area contributed by atoms with Gasteiger partial charge in [0.05, 0.1) is 5.69 Å². The van der Waals surface area contributed by atoms with Gasteiger partial charge in [0.1, 0.15) is 11.5 Å². The van der Waals surface area contributed by atoms with Gasteiger partial charge in [-0.1, -0.05) is 0 Å². The fraction of sp³-hybridized carbons (Fsp3) is 0.500. The van der Waals surface area contributed by atoms with E-state index < -0.39 is 0 Å². The monoisotopic (exact) mass is 216 g/mol. The molecule has 4 heteroatoms. The highest BCUT2D eigenvalue weighted by Gasteiger charge is 2.28. The van der Waals surface area contributed by atoms with E-state index in [0.717, 1.165) is 17.9 Å². The molecule has 0 radical (unpaired) electrons. The van der Waals surface area contributed by atoms with Crippen molar-refractivity contribution < 1.29 is 0 Å². The Balaban J connectivity index is 2.20. The van der Waals surface area contributed by atoms with E-state index in [4.69, 9.17) is 5.73 Å². The van der Waals surface area contributed by atoms with Crippen LogP contribution in [0, 0.1) is 0 Å². The molecule has 0 spiro atoms. The summed E-state index contributed by atoms with van der Waals surface area (Å²) in [5.41, 5.74) is 7.85. The number of aromatic nitrogens is 3. The summed E-state index contributed by atoms with van der Waals surface area (Å²) in [6, 6.07) is 2.12. The van der Waals surface area contributed by atoms with E-state index in [2.05, 4.69) is 26.8 Å². The highest BCUT2D eigenvalue weighted by molar-refractivity contribution is 5.79. The number of nitrogens with zero attached hydrogens (tertiary/aromatic N) is 3. The second-order valence-corrected chi connectivity index (χ2v) is 4.50. The molecule has 1 saturated carbocycles. The zero-order valence-electron chi connectivity index (χ0n) is 9.48. The molecule has 0 saturated heterocycles. The van der Waals surface area contributed by atoms with E-state index in [9.17, 15) is 0 Å². The summed E-state index contributed by atoms with van der Waals surface area (Å²) < 4.78 is 2.06. The Hall–Kier alpha value is -1.42. The van der Waals surface area contributed by atoms with Crippen molar-refractivity contribution in [2.24, 2.45) is 12.8 Å². The Morgan fingerprint density at radius 1 is 1.44 bits per heavy atom. The molecule has 0 amide bonds. The third-order valence-corrected chi connectivity index (χ3v) is 3.13. The topological polar surface area (TPSA) is 56.7 Å². The lowest BCUT2D eigenvalue weighted by Crippen LogP contribution is -2.08. The second kappa shape index (κ2) is 3.56. The summed E-state index contributed by atoms with van der Waals surface area (Å²) >= 11 is 0. The highest BCUT2D eigenvalue weighted by atomic mass is 15.0. The van der Waals surface area contributed by atoms with Crippen LogP contribution >= 0.6 is 0 Å². The zero-order chi connectivity index (χ0) is 11.1. The fourth-order valence-electron chi connectivity index (χ4n) is 2.12. The predicted octanol–water partition coefficient (Wildman–Crippen LogP) is 1.35. The molecule has 2 N–H and O–H groups in total. The Morgan fingerprint density at radius 2 is 2.25 bits per heavy atom. The summed E-state index contributed by atoms with van der Waals surface area (Å²) in [4.78, 5) is 9.23. The van der Waals surface area contributed by atoms with Crippen LogP contribution in [0.25, 0.3) is 11.0 Å². The number of hydrogen-bond acceptors (Lipinski definition) is 3. The van der Waals surface area contributed by atoms with Crippen molar-refractivity contribution in [3.05, 3.63) is 23.8 Å². The number of nitrogens with two attached hydrogens (primary N) is 1. The van der Waals surface area contributed by atoms with Crippen molar-refractivity contribution in [1.82, 2.24) is 14.5 Å². The van der Waals surface area contributed by atoms with Gasteiger partial charge in [-0.2, -0.15) is 0 Å². The number of rotatable bonds is 3. The maximum absolute atomic E-state index is 5.57. The minimum atomic E-state index is 0.611. The third kappa shape index (κ3) is 1.50. The van der Waals surface area contributed by atoms with Crippen molar-refractivity contribution in [2.75, 3.05) is 6.54 Å². The van der Waals surface area contributed by atoms with Gasteiger partial charge < -0.3 is 10.3 Å². The van der Waals surface area contributed by atoms with E-state index in [0.29, 0.717) is 12.5 Å². The van der Waals surface area contributed by atoms with Crippen molar-refractivity contribution in [3.63, 3.8) is 0 Å². The van der Waals surface area contributed by atoms with Crippen LogP contribution in [0.3, 0.4) is 0 Å². The van der Waals surface area contributed by atoms with Crippen LogP contribution in [0.1, 0.15) is 30.3 Å². The molecule has 0 unspecified atom stereocenters. The van der Waals surface area contributed by atoms with E-state index >= 15 is 0 Å². The molecule has 1 aliphatic rings. The Morgan fingerprint density at radius 3 is 2.94 bits per heavy atom. The maximum Gasteiger partial charge on any atom is 0.143 e. The summed E-state index contributed by atoms with van der Waals surface area (Å²) in [5.74, 6) is 1.54. The number of aryl methyl sites for hydroxylation is 1. The van der Waals surface area contributed by atoms with Gasteiger partial charge in [-0.15, -0.1) is 0 Å². The molecular weight excluding hydrogens is 200 g/mol. The minimum absolute atomic E-state index is 0.611. The summed E-state index contributed by atoms with van der Waals surface area (Å²) in [6.07, 6.45) is 5.35. The lowest BCUT2D eigenvalue weighted by atomic mass is 10.2. The largest absolute Gasteiger partial charge is 0.335 e. The molecule has 2 aromatic rings. The average Bonchev–Trinajstić information content (AvgIpc) is 3.05. The van der Waals surface area contributed by atoms with E-state index in [1.165, 1.54) is 23.9 Å². The summed E-state index contributed by atoms with van der Waals surface area (Å²) in [6.45, 7) is 0.611. The standard InChI is InChI=1S/C12H16N4/c1-16-7-5-9-11(8-2-3-8)14-10(4-6-13)15-12(9)16/h5,7-8H,2-4,6,13H2,1H3. The number of hydrogen-bond donors (Lipinski definition) is 1. The smallest absolute Gasteiger partial charge is 0.143 e. The van der Waals surface area contributed by atoms with Gasteiger partial charge in [-0.3, -0.25) is 0 Å². The summed E-state index contributed by atoms with van der Waals surface area (Å²) in [7, 11) is 2.03. The molecular formula is C12H16N4. The van der Waals surface area contributed by atoms with Gasteiger partial charge in [-0.05, 0) is 25.5 Å². The lowest BCUT2D eigenvalue weighted by Gasteiger charge is -2.05. The molecule has 2 heterocycles. The van der Waals surface area contributed by atoms with Crippen LogP contribution in [-0.4, -0.2) is 21.1 Å². The molecule has 84 valence electrons. The van der Waals surface area contributed by atoms with Crippen molar-refractivity contribution >= 4 is 11.0 Å². The summed E-state index contributed by atoms with van der Waals surface area (Å²) in [5, 5.41) is 1.21. The van der Waals surface area contributed by atoms with Crippen molar-refractivity contribution in [2.45, 2.75) is 25.2 Å². The first-order chi connectivity index (χ1) is 7.79. The van der Waals surface area contributed by atoms with Crippen LogP contribution in [0.5, 0.6) is 0 Å². The van der Waals surface area contributed by atoms with Crippen molar-refractivity contribution in [3.8, 4) is 0 Å². The first-order valence-corrected chi connectivity index (χ1v) is 5.81. The molecule has 1 aliphatic carbocycles. The van der Waals surface area contributed by atoms with Crippen LogP contribution in [0.15, 0.2) is 12.3 Å². The lowest BCUT2D eigenvalue weighted by molar-refractivity contribution is 0.838. The normalized spacial score (nSPS) is 15.9.